The number of thioether (sulfide) groups is 1. The Kier molecular flexibility index (Phi) is 6.50. The van der Waals surface area contributed by atoms with E-state index in [9.17, 15) is 0 Å². The predicted octanol–water partition coefficient (Wildman–Crippen LogP) is 3.52. The van der Waals surface area contributed by atoms with Crippen LogP contribution in [0.1, 0.15) is 24.1 Å². The van der Waals surface area contributed by atoms with E-state index in [0.717, 1.165) is 54.4 Å². The SMILES string of the molecule is C/N=C\c1cccc(N2CCC3CN(CCCSc4nnc(-c5ocnc5C)n4C)CC32)c1. The molecule has 0 aliphatic carbocycles. The average Bonchev–Trinajstić information content (AvgIpc) is 3.57. The van der Waals surface area contributed by atoms with Crippen LogP contribution in [0, 0.1) is 12.8 Å². The summed E-state index contributed by atoms with van der Waals surface area (Å²) >= 11 is 1.76. The molecule has 9 heteroatoms. The van der Waals surface area contributed by atoms with Crippen LogP contribution in [-0.2, 0) is 7.05 Å². The second-order valence-electron chi connectivity index (χ2n) is 8.89. The molecular weight excluding hydrogens is 434 g/mol. The van der Waals surface area contributed by atoms with Crippen LogP contribution in [0.25, 0.3) is 11.6 Å². The second kappa shape index (κ2) is 9.69. The molecular formula is C24H31N7OS. The number of fused-ring (bicyclic) bond motifs is 1. The Morgan fingerprint density at radius 3 is 3.00 bits per heavy atom. The maximum Gasteiger partial charge on any atom is 0.202 e. The van der Waals surface area contributed by atoms with E-state index in [1.54, 1.807) is 11.8 Å². The Morgan fingerprint density at radius 2 is 2.18 bits per heavy atom. The zero-order valence-corrected chi connectivity index (χ0v) is 20.3. The third-order valence-corrected chi connectivity index (χ3v) is 7.84. The van der Waals surface area contributed by atoms with Gasteiger partial charge in [0, 0.05) is 57.4 Å². The van der Waals surface area contributed by atoms with Gasteiger partial charge in [-0.2, -0.15) is 0 Å². The zero-order valence-electron chi connectivity index (χ0n) is 19.5. The molecule has 2 aromatic heterocycles. The summed E-state index contributed by atoms with van der Waals surface area (Å²) in [5.41, 5.74) is 3.34. The van der Waals surface area contributed by atoms with Crippen molar-refractivity contribution in [3.8, 4) is 11.6 Å². The number of rotatable bonds is 8. The van der Waals surface area contributed by atoms with Gasteiger partial charge in [0.25, 0.3) is 0 Å². The van der Waals surface area contributed by atoms with Crippen LogP contribution >= 0.6 is 11.8 Å². The Balaban J connectivity index is 1.12. The Labute approximate surface area is 199 Å². The lowest BCUT2D eigenvalue weighted by Crippen LogP contribution is -2.35. The molecule has 2 aliphatic rings. The zero-order chi connectivity index (χ0) is 22.8. The number of aliphatic imine (C=N–C) groups is 1. The number of aryl methyl sites for hydroxylation is 1. The van der Waals surface area contributed by atoms with Crippen LogP contribution in [0.5, 0.6) is 0 Å². The minimum atomic E-state index is 0.623. The molecule has 5 rings (SSSR count). The van der Waals surface area contributed by atoms with Crippen LogP contribution in [0.3, 0.4) is 0 Å². The van der Waals surface area contributed by atoms with Crippen LogP contribution in [0.2, 0.25) is 0 Å². The predicted molar refractivity (Wildman–Crippen MR) is 132 cm³/mol. The number of oxazole rings is 1. The molecule has 0 amide bonds. The first-order valence-electron chi connectivity index (χ1n) is 11.6. The van der Waals surface area contributed by atoms with Crippen LogP contribution in [0.15, 0.2) is 45.2 Å². The molecule has 1 aromatic carbocycles. The molecule has 0 bridgehead atoms. The van der Waals surface area contributed by atoms with Gasteiger partial charge in [-0.25, -0.2) is 4.98 Å². The molecule has 0 saturated carbocycles. The fraction of sp³-hybridized carbons (Fsp3) is 0.500. The van der Waals surface area contributed by atoms with Gasteiger partial charge in [-0.05, 0) is 49.9 Å². The Morgan fingerprint density at radius 1 is 1.27 bits per heavy atom. The summed E-state index contributed by atoms with van der Waals surface area (Å²) in [5.74, 6) is 3.22. The molecule has 0 spiro atoms. The number of hydrogen-bond acceptors (Lipinski definition) is 8. The number of anilines is 1. The van der Waals surface area contributed by atoms with E-state index >= 15 is 0 Å². The highest BCUT2D eigenvalue weighted by Gasteiger charge is 2.41. The van der Waals surface area contributed by atoms with Crippen molar-refractivity contribution in [2.75, 3.05) is 43.9 Å². The molecule has 0 radical (unpaired) electrons. The standard InChI is InChI=1S/C24H31N7OS/c1-17-22(32-16-26-17)23-27-28-24(29(23)3)33-11-5-9-30-14-19-8-10-31(21(19)15-30)20-7-4-6-18(12-20)13-25-2/h4,6-7,12-13,16,19,21H,5,8-11,14-15H2,1-3H3/b25-13-. The smallest absolute Gasteiger partial charge is 0.202 e. The monoisotopic (exact) mass is 465 g/mol. The minimum Gasteiger partial charge on any atom is -0.440 e. The molecule has 33 heavy (non-hydrogen) atoms. The molecule has 3 aromatic rings. The van der Waals surface area contributed by atoms with E-state index in [-0.39, 0.29) is 0 Å². The molecule has 2 fully saturated rings. The van der Waals surface area contributed by atoms with Crippen molar-refractivity contribution in [3.63, 3.8) is 0 Å². The summed E-state index contributed by atoms with van der Waals surface area (Å²) in [5, 5.41) is 9.57. The highest BCUT2D eigenvalue weighted by Crippen LogP contribution is 2.35. The van der Waals surface area contributed by atoms with Gasteiger partial charge >= 0.3 is 0 Å². The molecule has 2 saturated heterocycles. The summed E-state index contributed by atoms with van der Waals surface area (Å²) in [6.07, 6.45) is 5.80. The summed E-state index contributed by atoms with van der Waals surface area (Å²) in [4.78, 5) is 13.6. The normalized spacial score (nSPS) is 20.9. The lowest BCUT2D eigenvalue weighted by atomic mass is 10.0. The van der Waals surface area contributed by atoms with Gasteiger partial charge in [0.05, 0.1) is 5.69 Å². The average molecular weight is 466 g/mol. The molecule has 2 aliphatic heterocycles. The lowest BCUT2D eigenvalue weighted by molar-refractivity contribution is 0.319. The van der Waals surface area contributed by atoms with Gasteiger partial charge in [0.2, 0.25) is 5.82 Å². The molecule has 2 unspecified atom stereocenters. The highest BCUT2D eigenvalue weighted by atomic mass is 32.2. The molecule has 2 atom stereocenters. The van der Waals surface area contributed by atoms with Crippen molar-refractivity contribution in [1.29, 1.82) is 0 Å². The fourth-order valence-electron chi connectivity index (χ4n) is 5.09. The first kappa shape index (κ1) is 22.2. The number of hydrogen-bond donors (Lipinski definition) is 0. The number of aromatic nitrogens is 4. The van der Waals surface area contributed by atoms with E-state index < -0.39 is 0 Å². The third kappa shape index (κ3) is 4.56. The maximum absolute atomic E-state index is 5.47. The largest absolute Gasteiger partial charge is 0.440 e. The summed E-state index contributed by atoms with van der Waals surface area (Å²) in [6.45, 7) is 6.57. The Bertz CT molecular complexity index is 1120. The van der Waals surface area contributed by atoms with Crippen molar-refractivity contribution >= 4 is 23.7 Å². The van der Waals surface area contributed by atoms with Gasteiger partial charge in [0.1, 0.15) is 0 Å². The fourth-order valence-corrected chi connectivity index (χ4v) is 5.93. The molecule has 174 valence electrons. The van der Waals surface area contributed by atoms with E-state index in [2.05, 4.69) is 54.2 Å². The number of benzene rings is 1. The van der Waals surface area contributed by atoms with Gasteiger partial charge in [-0.1, -0.05) is 23.9 Å². The maximum atomic E-state index is 5.47. The molecule has 0 N–H and O–H groups in total. The minimum absolute atomic E-state index is 0.623. The van der Waals surface area contributed by atoms with Crippen molar-refractivity contribution in [2.24, 2.45) is 18.0 Å². The topological polar surface area (TPSA) is 75.6 Å². The number of nitrogens with zero attached hydrogens (tertiary/aromatic N) is 7. The van der Waals surface area contributed by atoms with Gasteiger partial charge < -0.3 is 18.8 Å². The third-order valence-electron chi connectivity index (χ3n) is 6.74. The highest BCUT2D eigenvalue weighted by molar-refractivity contribution is 7.99. The van der Waals surface area contributed by atoms with Crippen LogP contribution in [-0.4, -0.2) is 75.9 Å². The summed E-state index contributed by atoms with van der Waals surface area (Å²) < 4.78 is 7.47. The van der Waals surface area contributed by atoms with Crippen molar-refractivity contribution < 1.29 is 4.42 Å². The quantitative estimate of drug-likeness (QED) is 0.286. The van der Waals surface area contributed by atoms with Crippen LogP contribution in [0.4, 0.5) is 5.69 Å². The van der Waals surface area contributed by atoms with E-state index in [1.807, 2.05) is 31.8 Å². The van der Waals surface area contributed by atoms with E-state index in [1.165, 1.54) is 30.6 Å². The van der Waals surface area contributed by atoms with Crippen molar-refractivity contribution in [1.82, 2.24) is 24.6 Å². The number of likely N-dealkylation sites (tertiary alicyclic amines) is 1. The van der Waals surface area contributed by atoms with Crippen molar-refractivity contribution in [3.05, 3.63) is 41.9 Å². The van der Waals surface area contributed by atoms with Gasteiger partial charge in [-0.15, -0.1) is 10.2 Å². The molecule has 4 heterocycles. The van der Waals surface area contributed by atoms with E-state index in [0.29, 0.717) is 11.8 Å². The first-order chi connectivity index (χ1) is 16.1. The van der Waals surface area contributed by atoms with Gasteiger partial charge in [-0.3, -0.25) is 4.99 Å². The summed E-state index contributed by atoms with van der Waals surface area (Å²) in [7, 11) is 3.81. The van der Waals surface area contributed by atoms with Crippen LogP contribution < -0.4 is 4.90 Å². The Hall–Kier alpha value is -2.65. The molecule has 8 nitrogen and oxygen atoms in total. The van der Waals surface area contributed by atoms with E-state index in [4.69, 9.17) is 4.42 Å². The summed E-state index contributed by atoms with van der Waals surface area (Å²) in [6, 6.07) is 9.40. The first-order valence-corrected chi connectivity index (χ1v) is 12.6. The second-order valence-corrected chi connectivity index (χ2v) is 9.95. The lowest BCUT2D eigenvalue weighted by Gasteiger charge is -2.27. The van der Waals surface area contributed by atoms with Gasteiger partial charge in [0.15, 0.2) is 17.3 Å². The van der Waals surface area contributed by atoms with Crippen molar-refractivity contribution in [2.45, 2.75) is 31.0 Å².